The number of carbonyl (C=O) groups excluding carboxylic acids is 1. The van der Waals surface area contributed by atoms with Crippen LogP contribution >= 0.6 is 23.8 Å². The molecule has 0 fully saturated rings. The third-order valence-electron chi connectivity index (χ3n) is 2.51. The van der Waals surface area contributed by atoms with Crippen molar-refractivity contribution in [3.05, 3.63) is 22.2 Å². The fourth-order valence-corrected chi connectivity index (χ4v) is 2.23. The summed E-state index contributed by atoms with van der Waals surface area (Å²) >= 11 is 10.6. The van der Waals surface area contributed by atoms with Gasteiger partial charge in [0.1, 0.15) is 10.8 Å². The number of thiocarbonyl (C=S) groups is 1. The molecular weight excluding hydrogens is 262 g/mol. The van der Waals surface area contributed by atoms with Crippen LogP contribution in [0.25, 0.3) is 5.76 Å². The van der Waals surface area contributed by atoms with E-state index in [1.165, 1.54) is 6.07 Å². The zero-order chi connectivity index (χ0) is 12.9. The first-order valence-electron chi connectivity index (χ1n) is 4.51. The van der Waals surface area contributed by atoms with E-state index in [0.717, 1.165) is 0 Å². The van der Waals surface area contributed by atoms with E-state index in [-0.39, 0.29) is 38.1 Å². The van der Waals surface area contributed by atoms with Crippen molar-refractivity contribution in [1.29, 1.82) is 0 Å². The maximum Gasteiger partial charge on any atom is 0.219 e. The SMILES string of the molecule is Nc1cc(N)c2c(c1N)C(O)=C(Cl)C(=O)C2=S. The lowest BCUT2D eigenvalue weighted by Crippen LogP contribution is -2.24. The van der Waals surface area contributed by atoms with Crippen LogP contribution in [0.1, 0.15) is 11.1 Å². The van der Waals surface area contributed by atoms with Crippen molar-refractivity contribution in [3.8, 4) is 0 Å². The minimum Gasteiger partial charge on any atom is -0.505 e. The fraction of sp³-hybridized carbons (Fsp3) is 0. The van der Waals surface area contributed by atoms with Gasteiger partial charge in [0, 0.05) is 11.3 Å². The van der Waals surface area contributed by atoms with E-state index in [9.17, 15) is 9.90 Å². The first-order chi connectivity index (χ1) is 7.86. The Morgan fingerprint density at radius 1 is 1.18 bits per heavy atom. The number of allylic oxidation sites excluding steroid dienone is 1. The number of rotatable bonds is 0. The van der Waals surface area contributed by atoms with Crippen molar-refractivity contribution in [2.75, 3.05) is 17.2 Å². The summed E-state index contributed by atoms with van der Waals surface area (Å²) in [4.78, 5) is 11.6. The third-order valence-corrected chi connectivity index (χ3v) is 3.25. The molecule has 88 valence electrons. The Balaban J connectivity index is 2.95. The molecule has 1 aromatic carbocycles. The normalized spacial score (nSPS) is 15.1. The van der Waals surface area contributed by atoms with Gasteiger partial charge in [-0.1, -0.05) is 23.8 Å². The molecule has 17 heavy (non-hydrogen) atoms. The Bertz CT molecular complexity index is 610. The van der Waals surface area contributed by atoms with Gasteiger partial charge in [-0.15, -0.1) is 0 Å². The van der Waals surface area contributed by atoms with Crippen molar-refractivity contribution < 1.29 is 9.90 Å². The number of nitrogens with two attached hydrogens (primary N) is 3. The van der Waals surface area contributed by atoms with E-state index in [0.29, 0.717) is 0 Å². The van der Waals surface area contributed by atoms with Gasteiger partial charge in [0.2, 0.25) is 5.78 Å². The highest BCUT2D eigenvalue weighted by Gasteiger charge is 2.32. The maximum atomic E-state index is 11.6. The van der Waals surface area contributed by atoms with E-state index in [1.54, 1.807) is 0 Å². The number of benzene rings is 1. The molecule has 5 nitrogen and oxygen atoms in total. The predicted molar refractivity (Wildman–Crippen MR) is 71.8 cm³/mol. The van der Waals surface area contributed by atoms with Gasteiger partial charge in [-0.2, -0.15) is 0 Å². The number of anilines is 3. The van der Waals surface area contributed by atoms with Crippen molar-refractivity contribution in [3.63, 3.8) is 0 Å². The van der Waals surface area contributed by atoms with Crippen LogP contribution in [0.4, 0.5) is 17.1 Å². The molecule has 1 aromatic rings. The summed E-state index contributed by atoms with van der Waals surface area (Å²) in [5.74, 6) is -1.10. The number of nitrogen functional groups attached to an aromatic ring is 3. The standard InChI is InChI=1S/C10H8ClN3O2S/c11-6-8(15)5-4(10(17)9(6)16)2(12)1-3(13)7(5)14/h1,15H,12-14H2. The van der Waals surface area contributed by atoms with Crippen LogP contribution in [0.2, 0.25) is 0 Å². The molecule has 0 saturated carbocycles. The molecule has 0 aliphatic heterocycles. The van der Waals surface area contributed by atoms with Crippen molar-refractivity contribution in [2.24, 2.45) is 0 Å². The molecule has 0 amide bonds. The van der Waals surface area contributed by atoms with Crippen molar-refractivity contribution in [2.45, 2.75) is 0 Å². The predicted octanol–water partition coefficient (Wildman–Crippen LogP) is 1.20. The summed E-state index contributed by atoms with van der Waals surface area (Å²) in [7, 11) is 0. The van der Waals surface area contributed by atoms with Crippen LogP contribution < -0.4 is 17.2 Å². The Kier molecular flexibility index (Phi) is 2.48. The molecule has 2 rings (SSSR count). The van der Waals surface area contributed by atoms with Gasteiger partial charge in [0.25, 0.3) is 0 Å². The smallest absolute Gasteiger partial charge is 0.219 e. The summed E-state index contributed by atoms with van der Waals surface area (Å²) in [6.45, 7) is 0. The molecule has 0 bridgehead atoms. The molecule has 0 radical (unpaired) electrons. The molecule has 0 spiro atoms. The Labute approximate surface area is 107 Å². The summed E-state index contributed by atoms with van der Waals surface area (Å²) in [5.41, 5.74) is 17.9. The third kappa shape index (κ3) is 1.45. The number of ketones is 1. The van der Waals surface area contributed by atoms with Crippen LogP contribution in [0.15, 0.2) is 11.1 Å². The second-order valence-electron chi connectivity index (χ2n) is 3.54. The Hall–Kier alpha value is -1.79. The van der Waals surface area contributed by atoms with Gasteiger partial charge >= 0.3 is 0 Å². The zero-order valence-corrected chi connectivity index (χ0v) is 10.0. The Morgan fingerprint density at radius 3 is 2.35 bits per heavy atom. The van der Waals surface area contributed by atoms with Gasteiger partial charge in [-0.05, 0) is 6.07 Å². The highest BCUT2D eigenvalue weighted by molar-refractivity contribution is 7.82. The maximum absolute atomic E-state index is 11.6. The van der Waals surface area contributed by atoms with E-state index in [1.807, 2.05) is 0 Å². The van der Waals surface area contributed by atoms with Gasteiger partial charge in [-0.25, -0.2) is 0 Å². The molecule has 0 heterocycles. The molecular formula is C10H8ClN3O2S. The molecule has 1 aliphatic carbocycles. The van der Waals surface area contributed by atoms with Crippen LogP contribution in [-0.4, -0.2) is 15.8 Å². The van der Waals surface area contributed by atoms with Crippen molar-refractivity contribution >= 4 is 57.3 Å². The number of fused-ring (bicyclic) bond motifs is 1. The lowest BCUT2D eigenvalue weighted by Gasteiger charge is -2.21. The molecule has 0 aromatic heterocycles. The van der Waals surface area contributed by atoms with Crippen LogP contribution in [0.5, 0.6) is 0 Å². The average molecular weight is 270 g/mol. The first kappa shape index (κ1) is 11.7. The van der Waals surface area contributed by atoms with E-state index in [4.69, 9.17) is 41.0 Å². The topological polar surface area (TPSA) is 115 Å². The van der Waals surface area contributed by atoms with Gasteiger partial charge < -0.3 is 22.3 Å². The molecule has 0 saturated heterocycles. The summed E-state index contributed by atoms with van der Waals surface area (Å²) in [6.07, 6.45) is 0. The second kappa shape index (κ2) is 3.61. The van der Waals surface area contributed by atoms with Crippen molar-refractivity contribution in [1.82, 2.24) is 0 Å². The van der Waals surface area contributed by atoms with Crippen LogP contribution in [0, 0.1) is 0 Å². The van der Waals surface area contributed by atoms with E-state index >= 15 is 0 Å². The first-order valence-corrected chi connectivity index (χ1v) is 5.30. The number of carbonyl (C=O) groups is 1. The number of halogens is 1. The Morgan fingerprint density at radius 2 is 1.76 bits per heavy atom. The zero-order valence-electron chi connectivity index (χ0n) is 8.45. The molecule has 7 heteroatoms. The summed E-state index contributed by atoms with van der Waals surface area (Å²) in [5, 5.41) is 9.45. The van der Waals surface area contributed by atoms with Gasteiger partial charge in [-0.3, -0.25) is 4.79 Å². The largest absolute Gasteiger partial charge is 0.505 e. The van der Waals surface area contributed by atoms with Gasteiger partial charge in [0.15, 0.2) is 0 Å². The van der Waals surface area contributed by atoms with Gasteiger partial charge in [0.05, 0.1) is 21.8 Å². The molecule has 0 atom stereocenters. The quantitative estimate of drug-likeness (QED) is 0.415. The molecule has 0 unspecified atom stereocenters. The summed E-state index contributed by atoms with van der Waals surface area (Å²) < 4.78 is 0. The average Bonchev–Trinajstić information content (AvgIpc) is 2.28. The fourth-order valence-electron chi connectivity index (χ4n) is 1.66. The highest BCUT2D eigenvalue weighted by atomic mass is 35.5. The number of aliphatic hydroxyl groups excluding tert-OH is 1. The highest BCUT2D eigenvalue weighted by Crippen LogP contribution is 2.39. The minimum atomic E-state index is -0.650. The number of hydrogen-bond donors (Lipinski definition) is 4. The summed E-state index contributed by atoms with van der Waals surface area (Å²) in [6, 6.07) is 1.39. The lowest BCUT2D eigenvalue weighted by molar-refractivity contribution is -0.109. The number of hydrogen-bond acceptors (Lipinski definition) is 6. The second-order valence-corrected chi connectivity index (χ2v) is 4.33. The minimum absolute atomic E-state index is 0.0769. The van der Waals surface area contributed by atoms with E-state index in [2.05, 4.69) is 0 Å². The monoisotopic (exact) mass is 269 g/mol. The van der Waals surface area contributed by atoms with E-state index < -0.39 is 11.5 Å². The lowest BCUT2D eigenvalue weighted by atomic mass is 9.91. The van der Waals surface area contributed by atoms with Crippen LogP contribution in [0.3, 0.4) is 0 Å². The number of Topliss-reactive ketones (excluding diaryl/α,β-unsaturated/α-hetero) is 1. The molecule has 1 aliphatic rings. The molecule has 7 N–H and O–H groups in total. The van der Waals surface area contributed by atoms with Crippen LogP contribution in [-0.2, 0) is 4.79 Å². The number of aliphatic hydroxyl groups is 1.